The maximum Gasteiger partial charge on any atom is 0.339 e. The number of esters is 1. The number of rotatable bonds is 5. The minimum atomic E-state index is -0.508. The molecule has 30 heavy (non-hydrogen) atoms. The van der Waals surface area contributed by atoms with E-state index in [0.717, 1.165) is 11.1 Å². The summed E-state index contributed by atoms with van der Waals surface area (Å²) < 4.78 is 16.1. The van der Waals surface area contributed by atoms with E-state index < -0.39 is 12.1 Å². The van der Waals surface area contributed by atoms with Gasteiger partial charge in [-0.25, -0.2) is 4.79 Å². The molecule has 0 saturated heterocycles. The number of carbonyl (C=O) groups is 1. The Labute approximate surface area is 175 Å². The van der Waals surface area contributed by atoms with Crippen molar-refractivity contribution in [1.82, 2.24) is 4.98 Å². The molecular weight excluding hydrogens is 384 g/mol. The van der Waals surface area contributed by atoms with Gasteiger partial charge in [0, 0.05) is 17.7 Å². The van der Waals surface area contributed by atoms with Crippen LogP contribution in [0.3, 0.4) is 0 Å². The second-order valence-corrected chi connectivity index (χ2v) is 7.21. The van der Waals surface area contributed by atoms with Gasteiger partial charge in [0.25, 0.3) is 0 Å². The number of ether oxygens (including phenoxy) is 3. The summed E-state index contributed by atoms with van der Waals surface area (Å²) in [6, 6.07) is 7.23. The average molecular weight is 408 g/mol. The summed E-state index contributed by atoms with van der Waals surface area (Å²) in [4.78, 5) is 21.1. The Morgan fingerprint density at radius 1 is 1.20 bits per heavy atom. The lowest BCUT2D eigenvalue weighted by Crippen LogP contribution is -2.31. The van der Waals surface area contributed by atoms with Crippen LogP contribution in [-0.4, -0.2) is 54.7 Å². The number of carbonyl (C=O) groups excluding carboxylic acids is 1. The molecule has 2 aromatic rings. The van der Waals surface area contributed by atoms with Crippen LogP contribution in [0, 0.1) is 0 Å². The number of aliphatic hydroxyl groups is 1. The van der Waals surface area contributed by atoms with E-state index >= 15 is 0 Å². The Kier molecular flexibility index (Phi) is 5.55. The number of aliphatic hydroxyl groups excluding tert-OH is 1. The van der Waals surface area contributed by atoms with Gasteiger partial charge in [-0.3, -0.25) is 9.98 Å². The molecule has 1 aromatic heterocycles. The molecule has 0 radical (unpaired) electrons. The highest BCUT2D eigenvalue weighted by molar-refractivity contribution is 6.14. The minimum absolute atomic E-state index is 0.0307. The van der Waals surface area contributed by atoms with Crippen molar-refractivity contribution in [3.05, 3.63) is 65.0 Å². The molecule has 1 aliphatic heterocycles. The SMILES string of the molecule is CCOc1cc2c(cc1OC)C(c1ccc(C(=O)OC)cn1)=N[C@@H]1C=C[C@H](O)C[C@H]21. The van der Waals surface area contributed by atoms with Gasteiger partial charge in [0.05, 0.1) is 49.9 Å². The molecule has 0 saturated carbocycles. The van der Waals surface area contributed by atoms with Crippen LogP contribution in [0.5, 0.6) is 11.5 Å². The second-order valence-electron chi connectivity index (χ2n) is 7.21. The zero-order valence-electron chi connectivity index (χ0n) is 17.2. The van der Waals surface area contributed by atoms with Crippen molar-refractivity contribution in [3.63, 3.8) is 0 Å². The van der Waals surface area contributed by atoms with Crippen LogP contribution in [0.2, 0.25) is 0 Å². The second kappa shape index (κ2) is 8.28. The highest BCUT2D eigenvalue weighted by Crippen LogP contribution is 2.43. The predicted molar refractivity (Wildman–Crippen MR) is 112 cm³/mol. The fourth-order valence-corrected chi connectivity index (χ4v) is 4.01. The monoisotopic (exact) mass is 408 g/mol. The molecule has 0 bridgehead atoms. The number of hydrogen-bond acceptors (Lipinski definition) is 7. The first kappa shape index (κ1) is 20.1. The molecule has 1 aliphatic carbocycles. The normalized spacial score (nSPS) is 21.9. The summed E-state index contributed by atoms with van der Waals surface area (Å²) in [5, 5.41) is 10.2. The molecule has 0 amide bonds. The maximum absolute atomic E-state index is 11.7. The number of methoxy groups -OCH3 is 2. The third-order valence-electron chi connectivity index (χ3n) is 5.43. The van der Waals surface area contributed by atoms with Gasteiger partial charge in [-0.2, -0.15) is 0 Å². The van der Waals surface area contributed by atoms with Crippen molar-refractivity contribution >= 4 is 11.7 Å². The first-order valence-electron chi connectivity index (χ1n) is 9.89. The molecule has 0 spiro atoms. The van der Waals surface area contributed by atoms with Crippen molar-refractivity contribution in [2.75, 3.05) is 20.8 Å². The topological polar surface area (TPSA) is 90.2 Å². The zero-order chi connectivity index (χ0) is 21.3. The first-order valence-corrected chi connectivity index (χ1v) is 9.89. The molecule has 1 aromatic carbocycles. The number of nitrogens with zero attached hydrogens (tertiary/aromatic N) is 2. The summed E-state index contributed by atoms with van der Waals surface area (Å²) in [6.45, 7) is 2.44. The molecule has 7 heteroatoms. The van der Waals surface area contributed by atoms with Crippen LogP contribution in [0.4, 0.5) is 0 Å². The molecule has 7 nitrogen and oxygen atoms in total. The molecule has 1 N–H and O–H groups in total. The number of fused-ring (bicyclic) bond motifs is 3. The lowest BCUT2D eigenvalue weighted by Gasteiger charge is -2.34. The first-order chi connectivity index (χ1) is 14.5. The van der Waals surface area contributed by atoms with Crippen LogP contribution in [0.25, 0.3) is 0 Å². The third-order valence-corrected chi connectivity index (χ3v) is 5.43. The van der Waals surface area contributed by atoms with Crippen molar-refractivity contribution in [3.8, 4) is 11.5 Å². The van der Waals surface area contributed by atoms with Gasteiger partial charge >= 0.3 is 5.97 Å². The van der Waals surface area contributed by atoms with Crippen molar-refractivity contribution < 1.29 is 24.1 Å². The Hall–Kier alpha value is -3.19. The standard InChI is InChI=1S/C23H24N2O5/c1-4-30-21-10-15-16-9-14(26)6-8-18(16)25-22(17(15)11-20(21)28-2)19-7-5-13(12-24-19)23(27)29-3/h5-8,10-12,14,16,18,26H,4,9H2,1-3H3/t14-,16+,18+/m0/s1. The molecule has 156 valence electrons. The van der Waals surface area contributed by atoms with E-state index in [2.05, 4.69) is 4.98 Å². The Bertz CT molecular complexity index is 1010. The molecule has 2 heterocycles. The number of hydrogen-bond donors (Lipinski definition) is 1. The van der Waals surface area contributed by atoms with Gasteiger partial charge in [0.15, 0.2) is 11.5 Å². The van der Waals surface area contributed by atoms with Gasteiger partial charge in [-0.15, -0.1) is 0 Å². The van der Waals surface area contributed by atoms with Gasteiger partial charge in [-0.05, 0) is 43.2 Å². The summed E-state index contributed by atoms with van der Waals surface area (Å²) in [7, 11) is 2.94. The van der Waals surface area contributed by atoms with Crippen LogP contribution >= 0.6 is 0 Å². The van der Waals surface area contributed by atoms with E-state index in [4.69, 9.17) is 19.2 Å². The van der Waals surface area contributed by atoms with Crippen LogP contribution < -0.4 is 9.47 Å². The van der Waals surface area contributed by atoms with Crippen molar-refractivity contribution in [1.29, 1.82) is 0 Å². The van der Waals surface area contributed by atoms with Gasteiger partial charge in [0.1, 0.15) is 0 Å². The summed E-state index contributed by atoms with van der Waals surface area (Å²) in [5.41, 5.74) is 3.66. The van der Waals surface area contributed by atoms with Crippen molar-refractivity contribution in [2.45, 2.75) is 31.4 Å². The summed E-state index contributed by atoms with van der Waals surface area (Å²) in [5.74, 6) is 0.868. The number of benzene rings is 1. The Balaban J connectivity index is 1.85. The fourth-order valence-electron chi connectivity index (χ4n) is 4.01. The largest absolute Gasteiger partial charge is 0.493 e. The Morgan fingerprint density at radius 3 is 2.70 bits per heavy atom. The summed E-state index contributed by atoms with van der Waals surface area (Å²) in [6.07, 6.45) is 5.29. The molecule has 2 aliphatic rings. The van der Waals surface area contributed by atoms with Crippen LogP contribution in [0.1, 0.15) is 46.4 Å². The fraction of sp³-hybridized carbons (Fsp3) is 0.348. The van der Waals surface area contributed by atoms with Gasteiger partial charge in [0.2, 0.25) is 0 Å². The van der Waals surface area contributed by atoms with E-state index in [-0.39, 0.29) is 12.0 Å². The highest BCUT2D eigenvalue weighted by Gasteiger charge is 2.35. The van der Waals surface area contributed by atoms with E-state index in [1.807, 2.05) is 25.1 Å². The Morgan fingerprint density at radius 2 is 2.03 bits per heavy atom. The van der Waals surface area contributed by atoms with E-state index in [9.17, 15) is 9.90 Å². The number of aromatic nitrogens is 1. The van der Waals surface area contributed by atoms with Crippen LogP contribution in [0.15, 0.2) is 47.6 Å². The summed E-state index contributed by atoms with van der Waals surface area (Å²) >= 11 is 0. The lowest BCUT2D eigenvalue weighted by atomic mass is 9.77. The van der Waals surface area contributed by atoms with Crippen molar-refractivity contribution in [2.24, 2.45) is 4.99 Å². The molecule has 0 fully saturated rings. The molecular formula is C23H24N2O5. The van der Waals surface area contributed by atoms with E-state index in [0.29, 0.717) is 41.5 Å². The number of pyridine rings is 1. The quantitative estimate of drug-likeness (QED) is 0.604. The minimum Gasteiger partial charge on any atom is -0.493 e. The third kappa shape index (κ3) is 3.57. The zero-order valence-corrected chi connectivity index (χ0v) is 17.2. The number of aliphatic imine (C=N–C) groups is 1. The molecule has 0 unspecified atom stereocenters. The highest BCUT2D eigenvalue weighted by atomic mass is 16.5. The lowest BCUT2D eigenvalue weighted by molar-refractivity contribution is 0.0600. The smallest absolute Gasteiger partial charge is 0.339 e. The molecule has 4 rings (SSSR count). The van der Waals surface area contributed by atoms with Gasteiger partial charge < -0.3 is 19.3 Å². The average Bonchev–Trinajstić information content (AvgIpc) is 2.78. The maximum atomic E-state index is 11.7. The van der Waals surface area contributed by atoms with Gasteiger partial charge in [-0.1, -0.05) is 12.2 Å². The predicted octanol–water partition coefficient (Wildman–Crippen LogP) is 2.90. The van der Waals surface area contributed by atoms with E-state index in [1.165, 1.54) is 13.3 Å². The molecule has 3 atom stereocenters. The van der Waals surface area contributed by atoms with Crippen LogP contribution in [-0.2, 0) is 4.74 Å². The van der Waals surface area contributed by atoms with E-state index in [1.54, 1.807) is 25.3 Å².